The van der Waals surface area contributed by atoms with Crippen LogP contribution in [0.3, 0.4) is 0 Å². The van der Waals surface area contributed by atoms with Gasteiger partial charge in [0.25, 0.3) is 0 Å². The molecule has 0 saturated heterocycles. The molecule has 0 radical (unpaired) electrons. The van der Waals surface area contributed by atoms with Crippen LogP contribution >= 0.6 is 11.6 Å². The molecule has 112 valence electrons. The fourth-order valence-electron chi connectivity index (χ4n) is 2.19. The summed E-state index contributed by atoms with van der Waals surface area (Å²) in [5.74, 6) is 0.161. The number of benzene rings is 2. The number of halogens is 3. The highest BCUT2D eigenvalue weighted by Crippen LogP contribution is 2.24. The quantitative estimate of drug-likeness (QED) is 0.851. The van der Waals surface area contributed by atoms with Crippen molar-refractivity contribution in [3.63, 3.8) is 0 Å². The topological polar surface area (TPSA) is 21.3 Å². The Bertz CT molecular complexity index is 592. The van der Waals surface area contributed by atoms with Crippen molar-refractivity contribution >= 4 is 11.6 Å². The van der Waals surface area contributed by atoms with Crippen LogP contribution in [0.4, 0.5) is 8.78 Å². The van der Waals surface area contributed by atoms with Crippen molar-refractivity contribution in [1.82, 2.24) is 5.32 Å². The summed E-state index contributed by atoms with van der Waals surface area (Å²) in [5, 5.41) is 3.86. The second-order valence-corrected chi connectivity index (χ2v) is 5.06. The Morgan fingerprint density at radius 2 is 1.90 bits per heavy atom. The van der Waals surface area contributed by atoms with Gasteiger partial charge in [0.2, 0.25) is 0 Å². The Morgan fingerprint density at radius 3 is 2.57 bits per heavy atom. The zero-order valence-corrected chi connectivity index (χ0v) is 12.3. The smallest absolute Gasteiger partial charge is 0.387 e. The number of ether oxygens (including phenoxy) is 1. The van der Waals surface area contributed by atoms with Crippen molar-refractivity contribution in [3.05, 3.63) is 64.7 Å². The predicted octanol–water partition coefficient (Wildman–Crippen LogP) is 4.44. The molecule has 0 amide bonds. The zero-order chi connectivity index (χ0) is 15.2. The fourth-order valence-corrected chi connectivity index (χ4v) is 2.41. The highest BCUT2D eigenvalue weighted by molar-refractivity contribution is 6.30. The van der Waals surface area contributed by atoms with Crippen LogP contribution in [0.2, 0.25) is 5.02 Å². The third-order valence-electron chi connectivity index (χ3n) is 3.16. The first-order valence-corrected chi connectivity index (χ1v) is 6.93. The van der Waals surface area contributed by atoms with E-state index in [2.05, 4.69) is 10.1 Å². The van der Waals surface area contributed by atoms with E-state index in [4.69, 9.17) is 11.6 Å². The van der Waals surface area contributed by atoms with Crippen molar-refractivity contribution in [1.29, 1.82) is 0 Å². The number of hydrogen-bond acceptors (Lipinski definition) is 2. The van der Waals surface area contributed by atoms with Gasteiger partial charge in [-0.05, 0) is 48.9 Å². The van der Waals surface area contributed by atoms with Gasteiger partial charge in [-0.2, -0.15) is 8.78 Å². The van der Waals surface area contributed by atoms with E-state index in [1.54, 1.807) is 12.1 Å². The Balaban J connectivity index is 2.17. The van der Waals surface area contributed by atoms with Crippen molar-refractivity contribution in [2.45, 2.75) is 19.1 Å². The molecule has 2 rings (SSSR count). The lowest BCUT2D eigenvalue weighted by atomic mass is 9.99. The summed E-state index contributed by atoms with van der Waals surface area (Å²) in [6, 6.07) is 14.3. The maximum atomic E-state index is 12.3. The molecule has 1 unspecified atom stereocenters. The molecular weight excluding hydrogens is 296 g/mol. The van der Waals surface area contributed by atoms with E-state index < -0.39 is 6.61 Å². The highest BCUT2D eigenvalue weighted by atomic mass is 35.5. The molecule has 0 spiro atoms. The zero-order valence-electron chi connectivity index (χ0n) is 11.5. The van der Waals surface area contributed by atoms with E-state index >= 15 is 0 Å². The molecule has 0 aliphatic rings. The molecule has 0 saturated carbocycles. The van der Waals surface area contributed by atoms with Gasteiger partial charge in [-0.3, -0.25) is 0 Å². The molecule has 1 atom stereocenters. The van der Waals surface area contributed by atoms with Gasteiger partial charge in [-0.25, -0.2) is 0 Å². The van der Waals surface area contributed by atoms with Crippen LogP contribution in [-0.2, 0) is 6.42 Å². The SMILES string of the molecule is CNC(Cc1cccc(Cl)c1)c1cccc(OC(F)F)c1. The van der Waals surface area contributed by atoms with Crippen LogP contribution < -0.4 is 10.1 Å². The lowest BCUT2D eigenvalue weighted by Crippen LogP contribution is -2.19. The highest BCUT2D eigenvalue weighted by Gasteiger charge is 2.12. The summed E-state index contributed by atoms with van der Waals surface area (Å²) >= 11 is 5.98. The van der Waals surface area contributed by atoms with Crippen LogP contribution in [0.5, 0.6) is 5.75 Å². The third kappa shape index (κ3) is 4.69. The first-order chi connectivity index (χ1) is 10.1. The predicted molar refractivity (Wildman–Crippen MR) is 80.0 cm³/mol. The van der Waals surface area contributed by atoms with Gasteiger partial charge < -0.3 is 10.1 Å². The molecule has 0 aliphatic heterocycles. The monoisotopic (exact) mass is 311 g/mol. The molecule has 0 aromatic heterocycles. The average molecular weight is 312 g/mol. The van der Waals surface area contributed by atoms with E-state index in [0.29, 0.717) is 11.4 Å². The van der Waals surface area contributed by atoms with Crippen LogP contribution in [0.25, 0.3) is 0 Å². The second kappa shape index (κ2) is 7.38. The third-order valence-corrected chi connectivity index (χ3v) is 3.40. The number of likely N-dealkylation sites (N-methyl/N-ethyl adjacent to an activating group) is 1. The number of rotatable bonds is 6. The normalized spacial score (nSPS) is 12.4. The molecule has 2 aromatic rings. The Morgan fingerprint density at radius 1 is 1.14 bits per heavy atom. The molecular formula is C16H16ClF2NO. The second-order valence-electron chi connectivity index (χ2n) is 4.63. The lowest BCUT2D eigenvalue weighted by Gasteiger charge is -2.18. The molecule has 0 heterocycles. The van der Waals surface area contributed by atoms with Gasteiger partial charge in [0.05, 0.1) is 0 Å². The van der Waals surface area contributed by atoms with Crippen molar-refractivity contribution in [3.8, 4) is 5.75 Å². The van der Waals surface area contributed by atoms with Gasteiger partial charge in [0.1, 0.15) is 5.75 Å². The Kier molecular flexibility index (Phi) is 5.53. The molecule has 0 bridgehead atoms. The van der Waals surface area contributed by atoms with Crippen molar-refractivity contribution in [2.75, 3.05) is 7.05 Å². The molecule has 0 aliphatic carbocycles. The van der Waals surface area contributed by atoms with E-state index in [9.17, 15) is 8.78 Å². The van der Waals surface area contributed by atoms with E-state index in [-0.39, 0.29) is 11.8 Å². The lowest BCUT2D eigenvalue weighted by molar-refractivity contribution is -0.0499. The molecule has 0 fully saturated rings. The van der Waals surface area contributed by atoms with Crippen LogP contribution in [0.15, 0.2) is 48.5 Å². The molecule has 5 heteroatoms. The van der Waals surface area contributed by atoms with Crippen LogP contribution in [0, 0.1) is 0 Å². The number of nitrogens with one attached hydrogen (secondary N) is 1. The first-order valence-electron chi connectivity index (χ1n) is 6.55. The molecule has 1 N–H and O–H groups in total. The summed E-state index contributed by atoms with van der Waals surface area (Å²) < 4.78 is 29.0. The maximum absolute atomic E-state index is 12.3. The van der Waals surface area contributed by atoms with Crippen LogP contribution in [-0.4, -0.2) is 13.7 Å². The summed E-state index contributed by atoms with van der Waals surface area (Å²) in [4.78, 5) is 0. The first kappa shape index (κ1) is 15.7. The van der Waals surface area contributed by atoms with Gasteiger partial charge in [0.15, 0.2) is 0 Å². The average Bonchev–Trinajstić information content (AvgIpc) is 2.44. The fraction of sp³-hybridized carbons (Fsp3) is 0.250. The van der Waals surface area contributed by atoms with Crippen molar-refractivity contribution < 1.29 is 13.5 Å². The largest absolute Gasteiger partial charge is 0.435 e. The van der Waals surface area contributed by atoms with Gasteiger partial charge in [0, 0.05) is 11.1 Å². The minimum Gasteiger partial charge on any atom is -0.435 e. The van der Waals surface area contributed by atoms with E-state index in [1.807, 2.05) is 37.4 Å². The van der Waals surface area contributed by atoms with Crippen LogP contribution in [0.1, 0.15) is 17.2 Å². The van der Waals surface area contributed by atoms with Gasteiger partial charge in [-0.15, -0.1) is 0 Å². The minimum atomic E-state index is -2.82. The molecule has 2 aromatic carbocycles. The molecule has 2 nitrogen and oxygen atoms in total. The Labute approximate surface area is 127 Å². The summed E-state index contributed by atoms with van der Waals surface area (Å²) in [5.41, 5.74) is 1.96. The van der Waals surface area contributed by atoms with Gasteiger partial charge >= 0.3 is 6.61 Å². The maximum Gasteiger partial charge on any atom is 0.387 e. The summed E-state index contributed by atoms with van der Waals surface area (Å²) in [7, 11) is 1.83. The minimum absolute atomic E-state index is 0.00955. The van der Waals surface area contributed by atoms with Gasteiger partial charge in [-0.1, -0.05) is 35.9 Å². The standard InChI is InChI=1S/C16H16ClF2NO/c1-20-15(9-11-4-2-6-13(17)8-11)12-5-3-7-14(10-12)21-16(18)19/h2-8,10,15-16,20H,9H2,1H3. The van der Waals surface area contributed by atoms with E-state index in [1.165, 1.54) is 6.07 Å². The summed E-state index contributed by atoms with van der Waals surface area (Å²) in [6.45, 7) is -2.82. The van der Waals surface area contributed by atoms with E-state index in [0.717, 1.165) is 11.1 Å². The van der Waals surface area contributed by atoms with Crippen molar-refractivity contribution in [2.24, 2.45) is 0 Å². The summed E-state index contributed by atoms with van der Waals surface area (Å²) in [6.07, 6.45) is 0.704. The molecule has 21 heavy (non-hydrogen) atoms. The Hall–Kier alpha value is -1.65. The number of alkyl halides is 2. The number of hydrogen-bond donors (Lipinski definition) is 1.